The molecule has 2 aromatic rings. The van der Waals surface area contributed by atoms with Crippen molar-refractivity contribution in [3.63, 3.8) is 0 Å². The van der Waals surface area contributed by atoms with E-state index >= 15 is 0 Å². The zero-order valence-electron chi connectivity index (χ0n) is 9.62. The van der Waals surface area contributed by atoms with Crippen LogP contribution in [0.25, 0.3) is 0 Å². The second-order valence-corrected chi connectivity index (χ2v) is 4.99. The van der Waals surface area contributed by atoms with Crippen molar-refractivity contribution in [1.29, 1.82) is 0 Å². The average Bonchev–Trinajstić information content (AvgIpc) is 2.30. The van der Waals surface area contributed by atoms with Gasteiger partial charge in [0.05, 0.1) is 0 Å². The zero-order chi connectivity index (χ0) is 13.3. The van der Waals surface area contributed by atoms with Gasteiger partial charge in [-0.05, 0) is 47.9 Å². The minimum Gasteiger partial charge on any atom is -0.384 e. The minimum atomic E-state index is -0.948. The SMILES string of the molecule is Cc1ccc(C(O)c2cc(Cl)cc(Cl)c2)cc1F. The van der Waals surface area contributed by atoms with Gasteiger partial charge < -0.3 is 5.11 Å². The smallest absolute Gasteiger partial charge is 0.126 e. The van der Waals surface area contributed by atoms with Gasteiger partial charge in [-0.3, -0.25) is 0 Å². The Morgan fingerprint density at radius 2 is 1.61 bits per heavy atom. The Morgan fingerprint density at radius 1 is 1.00 bits per heavy atom. The lowest BCUT2D eigenvalue weighted by molar-refractivity contribution is 0.220. The van der Waals surface area contributed by atoms with Crippen LogP contribution in [-0.4, -0.2) is 5.11 Å². The van der Waals surface area contributed by atoms with Crippen LogP contribution in [0.5, 0.6) is 0 Å². The summed E-state index contributed by atoms with van der Waals surface area (Å²) in [5.41, 5.74) is 1.54. The molecular formula is C14H11Cl2FO. The molecule has 0 radical (unpaired) electrons. The highest BCUT2D eigenvalue weighted by atomic mass is 35.5. The standard InChI is InChI=1S/C14H11Cl2FO/c1-8-2-3-9(6-13(8)17)14(18)10-4-11(15)7-12(16)5-10/h2-7,14,18H,1H3. The first kappa shape index (κ1) is 13.3. The number of aryl methyl sites for hydroxylation is 1. The van der Waals surface area contributed by atoms with E-state index in [0.717, 1.165) is 0 Å². The minimum absolute atomic E-state index is 0.348. The number of halogens is 3. The highest BCUT2D eigenvalue weighted by molar-refractivity contribution is 6.34. The van der Waals surface area contributed by atoms with Gasteiger partial charge in [-0.25, -0.2) is 4.39 Å². The first-order valence-corrected chi connectivity index (χ1v) is 6.13. The Hall–Kier alpha value is -1.09. The van der Waals surface area contributed by atoms with E-state index in [2.05, 4.69) is 0 Å². The first-order chi connectivity index (χ1) is 8.47. The number of hydrogen-bond donors (Lipinski definition) is 1. The van der Waals surface area contributed by atoms with Gasteiger partial charge in [-0.1, -0.05) is 35.3 Å². The normalized spacial score (nSPS) is 12.5. The van der Waals surface area contributed by atoms with Crippen molar-refractivity contribution >= 4 is 23.2 Å². The molecule has 0 saturated heterocycles. The molecule has 4 heteroatoms. The van der Waals surface area contributed by atoms with Crippen molar-refractivity contribution in [1.82, 2.24) is 0 Å². The van der Waals surface area contributed by atoms with Gasteiger partial charge in [0, 0.05) is 10.0 Å². The summed E-state index contributed by atoms with van der Waals surface area (Å²) in [6, 6.07) is 9.41. The molecule has 1 unspecified atom stereocenters. The van der Waals surface area contributed by atoms with Gasteiger partial charge in [0.1, 0.15) is 11.9 Å². The summed E-state index contributed by atoms with van der Waals surface area (Å²) in [7, 11) is 0. The molecule has 0 spiro atoms. The van der Waals surface area contributed by atoms with Crippen LogP contribution >= 0.6 is 23.2 Å². The van der Waals surface area contributed by atoms with E-state index in [1.165, 1.54) is 6.07 Å². The van der Waals surface area contributed by atoms with Gasteiger partial charge in [0.2, 0.25) is 0 Å². The molecule has 0 aliphatic carbocycles. The fraction of sp³-hybridized carbons (Fsp3) is 0.143. The second kappa shape index (κ2) is 5.27. The predicted octanol–water partition coefficient (Wildman–Crippen LogP) is 4.52. The molecule has 1 N–H and O–H groups in total. The Labute approximate surface area is 115 Å². The topological polar surface area (TPSA) is 20.2 Å². The van der Waals surface area contributed by atoms with Crippen LogP contribution in [0.2, 0.25) is 10.0 Å². The lowest BCUT2D eigenvalue weighted by atomic mass is 10.0. The van der Waals surface area contributed by atoms with Crippen LogP contribution in [0, 0.1) is 12.7 Å². The van der Waals surface area contributed by atoms with E-state index in [1.807, 2.05) is 0 Å². The number of hydrogen-bond acceptors (Lipinski definition) is 1. The first-order valence-electron chi connectivity index (χ1n) is 5.37. The molecular weight excluding hydrogens is 274 g/mol. The fourth-order valence-electron chi connectivity index (χ4n) is 1.70. The Morgan fingerprint density at radius 3 is 2.17 bits per heavy atom. The maximum Gasteiger partial charge on any atom is 0.126 e. The summed E-state index contributed by atoms with van der Waals surface area (Å²) in [5, 5.41) is 11.0. The van der Waals surface area contributed by atoms with E-state index in [4.69, 9.17) is 23.2 Å². The number of aliphatic hydroxyl groups is 1. The third-order valence-corrected chi connectivity index (χ3v) is 3.15. The molecule has 18 heavy (non-hydrogen) atoms. The molecule has 1 nitrogen and oxygen atoms in total. The van der Waals surface area contributed by atoms with Crippen LogP contribution in [0.4, 0.5) is 4.39 Å². The average molecular weight is 285 g/mol. The number of aliphatic hydroxyl groups excluding tert-OH is 1. The molecule has 2 aromatic carbocycles. The quantitative estimate of drug-likeness (QED) is 0.860. The summed E-state index contributed by atoms with van der Waals surface area (Å²) < 4.78 is 13.5. The van der Waals surface area contributed by atoms with Crippen LogP contribution in [0.3, 0.4) is 0 Å². The monoisotopic (exact) mass is 284 g/mol. The lowest BCUT2D eigenvalue weighted by Gasteiger charge is -2.13. The van der Waals surface area contributed by atoms with Gasteiger partial charge in [-0.2, -0.15) is 0 Å². The Balaban J connectivity index is 2.40. The maximum absolute atomic E-state index is 13.5. The molecule has 0 fully saturated rings. The third-order valence-electron chi connectivity index (χ3n) is 2.71. The fourth-order valence-corrected chi connectivity index (χ4v) is 2.25. The van der Waals surface area contributed by atoms with Gasteiger partial charge in [-0.15, -0.1) is 0 Å². The molecule has 0 aliphatic heterocycles. The highest BCUT2D eigenvalue weighted by Gasteiger charge is 2.13. The van der Waals surface area contributed by atoms with Crippen molar-refractivity contribution in [3.8, 4) is 0 Å². The van der Waals surface area contributed by atoms with E-state index in [9.17, 15) is 9.50 Å². The Bertz CT molecular complexity index is 564. The van der Waals surface area contributed by atoms with E-state index in [1.54, 1.807) is 37.3 Å². The summed E-state index contributed by atoms with van der Waals surface area (Å²) in [6.45, 7) is 1.67. The molecule has 0 amide bonds. The Kier molecular flexibility index (Phi) is 3.91. The summed E-state index contributed by atoms with van der Waals surface area (Å²) >= 11 is 11.7. The summed E-state index contributed by atoms with van der Waals surface area (Å²) in [5.74, 6) is -0.348. The van der Waals surface area contributed by atoms with Crippen LogP contribution in [0.1, 0.15) is 22.8 Å². The maximum atomic E-state index is 13.5. The molecule has 0 saturated carbocycles. The van der Waals surface area contributed by atoms with Gasteiger partial charge in [0.15, 0.2) is 0 Å². The molecule has 0 heterocycles. The lowest BCUT2D eigenvalue weighted by Crippen LogP contribution is -2.01. The molecule has 0 aromatic heterocycles. The van der Waals surface area contributed by atoms with E-state index < -0.39 is 6.10 Å². The molecule has 0 bridgehead atoms. The zero-order valence-corrected chi connectivity index (χ0v) is 11.1. The van der Waals surface area contributed by atoms with Crippen LogP contribution in [0.15, 0.2) is 36.4 Å². The highest BCUT2D eigenvalue weighted by Crippen LogP contribution is 2.28. The number of benzene rings is 2. The van der Waals surface area contributed by atoms with Crippen molar-refractivity contribution < 1.29 is 9.50 Å². The van der Waals surface area contributed by atoms with Crippen molar-refractivity contribution in [2.24, 2.45) is 0 Å². The van der Waals surface area contributed by atoms with E-state index in [0.29, 0.717) is 26.7 Å². The third kappa shape index (κ3) is 2.83. The molecule has 1 atom stereocenters. The largest absolute Gasteiger partial charge is 0.384 e. The molecule has 0 aliphatic rings. The number of rotatable bonds is 2. The summed E-state index contributed by atoms with van der Waals surface area (Å²) in [4.78, 5) is 0. The van der Waals surface area contributed by atoms with Crippen LogP contribution < -0.4 is 0 Å². The van der Waals surface area contributed by atoms with Gasteiger partial charge in [0.25, 0.3) is 0 Å². The second-order valence-electron chi connectivity index (χ2n) is 4.11. The predicted molar refractivity (Wildman–Crippen MR) is 71.7 cm³/mol. The van der Waals surface area contributed by atoms with E-state index in [-0.39, 0.29) is 5.82 Å². The van der Waals surface area contributed by atoms with Crippen LogP contribution in [-0.2, 0) is 0 Å². The van der Waals surface area contributed by atoms with Crippen molar-refractivity contribution in [3.05, 3.63) is 69.0 Å². The van der Waals surface area contributed by atoms with Crippen molar-refractivity contribution in [2.75, 3.05) is 0 Å². The van der Waals surface area contributed by atoms with Gasteiger partial charge >= 0.3 is 0 Å². The summed E-state index contributed by atoms with van der Waals surface area (Å²) in [6.07, 6.45) is -0.948. The van der Waals surface area contributed by atoms with Crippen molar-refractivity contribution in [2.45, 2.75) is 13.0 Å². The molecule has 94 valence electrons. The molecule has 2 rings (SSSR count).